The molecule has 0 bridgehead atoms. The molecule has 0 radical (unpaired) electrons. The van der Waals surface area contributed by atoms with E-state index in [0.29, 0.717) is 10.8 Å². The van der Waals surface area contributed by atoms with Crippen molar-refractivity contribution in [3.05, 3.63) is 48.0 Å². The van der Waals surface area contributed by atoms with Crippen LogP contribution in [0.3, 0.4) is 0 Å². The number of carbonyl (C=O) groups excluding carboxylic acids is 1. The van der Waals surface area contributed by atoms with Crippen molar-refractivity contribution in [3.63, 3.8) is 0 Å². The Kier molecular flexibility index (Phi) is 6.99. The lowest BCUT2D eigenvalue weighted by Crippen LogP contribution is -2.45. The number of hydrogen-bond donors (Lipinski definition) is 1. The van der Waals surface area contributed by atoms with Crippen molar-refractivity contribution in [2.24, 2.45) is 0 Å². The van der Waals surface area contributed by atoms with Crippen LogP contribution in [0.4, 0.5) is 10.8 Å². The van der Waals surface area contributed by atoms with Crippen molar-refractivity contribution in [2.75, 3.05) is 30.1 Å². The SMILES string of the molecule is COc1ccc(OC)c(N([C@@H](C)C(=O)Nc2nnc(-c3ccc(C)cc3)s2)S(C)(=O)=O)c1. The van der Waals surface area contributed by atoms with Gasteiger partial charge in [-0.25, -0.2) is 8.42 Å². The van der Waals surface area contributed by atoms with Gasteiger partial charge >= 0.3 is 0 Å². The van der Waals surface area contributed by atoms with E-state index in [1.807, 2.05) is 31.2 Å². The molecule has 0 saturated carbocycles. The highest BCUT2D eigenvalue weighted by molar-refractivity contribution is 7.92. The standard InChI is InChI=1S/C21H24N4O5S2/c1-13-6-8-15(9-7-13)20-23-24-21(31-20)22-19(26)14(2)25(32(5,27)28)17-12-16(29-3)10-11-18(17)30-4/h6-12,14H,1-5H3,(H,22,24,26)/t14-/m0/s1. The lowest BCUT2D eigenvalue weighted by atomic mass is 10.2. The molecule has 1 heterocycles. The zero-order valence-electron chi connectivity index (χ0n) is 18.3. The summed E-state index contributed by atoms with van der Waals surface area (Å²) >= 11 is 1.20. The van der Waals surface area contributed by atoms with Gasteiger partial charge in [-0.15, -0.1) is 10.2 Å². The Hall–Kier alpha value is -3.18. The number of benzene rings is 2. The molecule has 0 aliphatic rings. The van der Waals surface area contributed by atoms with E-state index in [1.165, 1.54) is 38.5 Å². The Morgan fingerprint density at radius 2 is 1.78 bits per heavy atom. The molecule has 0 unspecified atom stereocenters. The van der Waals surface area contributed by atoms with Gasteiger partial charge in [-0.3, -0.25) is 14.4 Å². The van der Waals surface area contributed by atoms with Gasteiger partial charge in [0.15, 0.2) is 0 Å². The second-order valence-corrected chi connectivity index (χ2v) is 9.88. The van der Waals surface area contributed by atoms with Crippen molar-refractivity contribution in [3.8, 4) is 22.1 Å². The normalized spacial score (nSPS) is 12.2. The van der Waals surface area contributed by atoms with Crippen LogP contribution in [0.15, 0.2) is 42.5 Å². The Bertz CT molecular complexity index is 1210. The van der Waals surface area contributed by atoms with Crippen LogP contribution in [0.25, 0.3) is 10.6 Å². The van der Waals surface area contributed by atoms with E-state index in [9.17, 15) is 13.2 Å². The number of carbonyl (C=O) groups is 1. The monoisotopic (exact) mass is 476 g/mol. The quantitative estimate of drug-likeness (QED) is 0.531. The van der Waals surface area contributed by atoms with Crippen LogP contribution in [0.2, 0.25) is 0 Å². The maximum absolute atomic E-state index is 13.0. The summed E-state index contributed by atoms with van der Waals surface area (Å²) in [5, 5.41) is 11.7. The summed E-state index contributed by atoms with van der Waals surface area (Å²) in [6, 6.07) is 11.4. The van der Waals surface area contributed by atoms with Crippen LogP contribution in [-0.2, 0) is 14.8 Å². The van der Waals surface area contributed by atoms with Gasteiger partial charge in [0, 0.05) is 11.6 Å². The average molecular weight is 477 g/mol. The Balaban J connectivity index is 1.88. The predicted molar refractivity (Wildman–Crippen MR) is 125 cm³/mol. The van der Waals surface area contributed by atoms with E-state index in [1.54, 1.807) is 12.1 Å². The molecule has 0 fully saturated rings. The van der Waals surface area contributed by atoms with Crippen LogP contribution in [0.1, 0.15) is 12.5 Å². The lowest BCUT2D eigenvalue weighted by Gasteiger charge is -2.29. The second-order valence-electron chi connectivity index (χ2n) is 7.04. The van der Waals surface area contributed by atoms with E-state index < -0.39 is 22.0 Å². The summed E-state index contributed by atoms with van der Waals surface area (Å²) in [5.74, 6) is 0.147. The molecule has 11 heteroatoms. The number of sulfonamides is 1. The van der Waals surface area contributed by atoms with Crippen LogP contribution in [-0.4, -0.2) is 51.0 Å². The first-order valence-electron chi connectivity index (χ1n) is 9.57. The van der Waals surface area contributed by atoms with Crippen molar-refractivity contribution in [2.45, 2.75) is 19.9 Å². The first-order chi connectivity index (χ1) is 15.1. The highest BCUT2D eigenvalue weighted by Gasteiger charge is 2.32. The van der Waals surface area contributed by atoms with E-state index in [2.05, 4.69) is 15.5 Å². The zero-order valence-corrected chi connectivity index (χ0v) is 20.0. The number of rotatable bonds is 8. The number of anilines is 2. The van der Waals surface area contributed by atoms with Crippen LogP contribution in [0, 0.1) is 6.92 Å². The van der Waals surface area contributed by atoms with Gasteiger partial charge in [0.2, 0.25) is 21.1 Å². The van der Waals surface area contributed by atoms with Crippen molar-refractivity contribution >= 4 is 38.1 Å². The predicted octanol–water partition coefficient (Wildman–Crippen LogP) is 3.32. The maximum atomic E-state index is 13.0. The highest BCUT2D eigenvalue weighted by Crippen LogP contribution is 2.35. The Labute approximate surface area is 191 Å². The fourth-order valence-corrected chi connectivity index (χ4v) is 4.97. The molecule has 1 atom stereocenters. The number of nitrogens with zero attached hydrogens (tertiary/aromatic N) is 3. The number of nitrogens with one attached hydrogen (secondary N) is 1. The molecule has 2 aromatic carbocycles. The van der Waals surface area contributed by atoms with E-state index >= 15 is 0 Å². The second kappa shape index (κ2) is 9.53. The third kappa shape index (κ3) is 5.17. The largest absolute Gasteiger partial charge is 0.497 e. The molecule has 9 nitrogen and oxygen atoms in total. The molecule has 0 spiro atoms. The molecule has 3 aromatic rings. The summed E-state index contributed by atoms with van der Waals surface area (Å²) in [7, 11) is -0.963. The smallest absolute Gasteiger partial charge is 0.249 e. The Morgan fingerprint density at radius 1 is 1.09 bits per heavy atom. The zero-order chi connectivity index (χ0) is 23.5. The minimum Gasteiger partial charge on any atom is -0.497 e. The van der Waals surface area contributed by atoms with Gasteiger partial charge in [-0.1, -0.05) is 41.2 Å². The minimum atomic E-state index is -3.85. The van der Waals surface area contributed by atoms with Crippen molar-refractivity contribution < 1.29 is 22.7 Å². The molecule has 0 aliphatic heterocycles. The summed E-state index contributed by atoms with van der Waals surface area (Å²) < 4.78 is 36.8. The third-order valence-corrected chi connectivity index (χ3v) is 6.78. The molecule has 3 rings (SSSR count). The molecule has 0 saturated heterocycles. The van der Waals surface area contributed by atoms with Gasteiger partial charge in [-0.2, -0.15) is 0 Å². The van der Waals surface area contributed by atoms with Gasteiger partial charge in [0.1, 0.15) is 22.5 Å². The van der Waals surface area contributed by atoms with Crippen molar-refractivity contribution in [1.82, 2.24) is 10.2 Å². The first-order valence-corrected chi connectivity index (χ1v) is 12.2. The fourth-order valence-electron chi connectivity index (χ4n) is 3.05. The first kappa shape index (κ1) is 23.5. The number of aryl methyl sites for hydroxylation is 1. The maximum Gasteiger partial charge on any atom is 0.249 e. The molecule has 170 valence electrons. The van der Waals surface area contributed by atoms with Gasteiger partial charge < -0.3 is 9.47 Å². The molecular formula is C21H24N4O5S2. The molecule has 1 amide bonds. The van der Waals surface area contributed by atoms with Crippen LogP contribution < -0.4 is 19.1 Å². The topological polar surface area (TPSA) is 111 Å². The molecule has 1 aromatic heterocycles. The van der Waals surface area contributed by atoms with Gasteiger partial charge in [0.05, 0.1) is 26.2 Å². The number of ether oxygens (including phenoxy) is 2. The summed E-state index contributed by atoms with van der Waals surface area (Å²) in [5.41, 5.74) is 2.18. The summed E-state index contributed by atoms with van der Waals surface area (Å²) in [6.45, 7) is 3.47. The average Bonchev–Trinajstić information content (AvgIpc) is 3.21. The molecular weight excluding hydrogens is 452 g/mol. The number of aromatic nitrogens is 2. The number of hydrogen-bond acceptors (Lipinski definition) is 8. The van der Waals surface area contributed by atoms with Gasteiger partial charge in [0.25, 0.3) is 0 Å². The van der Waals surface area contributed by atoms with E-state index in [4.69, 9.17) is 9.47 Å². The van der Waals surface area contributed by atoms with Crippen LogP contribution >= 0.6 is 11.3 Å². The van der Waals surface area contributed by atoms with Crippen LogP contribution in [0.5, 0.6) is 11.5 Å². The number of amides is 1. The summed E-state index contributed by atoms with van der Waals surface area (Å²) in [6.07, 6.45) is 1.02. The lowest BCUT2D eigenvalue weighted by molar-refractivity contribution is -0.116. The summed E-state index contributed by atoms with van der Waals surface area (Å²) in [4.78, 5) is 13.0. The highest BCUT2D eigenvalue weighted by atomic mass is 32.2. The minimum absolute atomic E-state index is 0.189. The number of methoxy groups -OCH3 is 2. The Morgan fingerprint density at radius 3 is 2.38 bits per heavy atom. The molecule has 0 aliphatic carbocycles. The fraction of sp³-hybridized carbons (Fsp3) is 0.286. The van der Waals surface area contributed by atoms with E-state index in [-0.39, 0.29) is 16.6 Å². The van der Waals surface area contributed by atoms with E-state index in [0.717, 1.165) is 21.7 Å². The molecule has 32 heavy (non-hydrogen) atoms. The van der Waals surface area contributed by atoms with Gasteiger partial charge in [-0.05, 0) is 26.0 Å². The molecule has 1 N–H and O–H groups in total. The van der Waals surface area contributed by atoms with Crippen molar-refractivity contribution in [1.29, 1.82) is 0 Å². The third-order valence-electron chi connectivity index (χ3n) is 4.67.